The zero-order valence-electron chi connectivity index (χ0n) is 14.2. The van der Waals surface area contributed by atoms with Crippen molar-refractivity contribution in [3.63, 3.8) is 0 Å². The van der Waals surface area contributed by atoms with Gasteiger partial charge < -0.3 is 4.57 Å². The summed E-state index contributed by atoms with van der Waals surface area (Å²) in [6.07, 6.45) is 10.2. The molecule has 0 N–H and O–H groups in total. The highest BCUT2D eigenvalue weighted by Crippen LogP contribution is 2.49. The normalized spacial score (nSPS) is 19.6. The van der Waals surface area contributed by atoms with Crippen LogP contribution in [0.2, 0.25) is 19.6 Å². The molecule has 2 aliphatic rings. The molecule has 1 unspecified atom stereocenters. The minimum Gasteiger partial charge on any atom is -0.344 e. The molecule has 1 nitrogen and oxygen atoms in total. The molecule has 1 aromatic heterocycles. The molecule has 0 bridgehead atoms. The quantitative estimate of drug-likeness (QED) is 0.537. The largest absolute Gasteiger partial charge is 0.344 e. The molecule has 3 heteroatoms. The molecule has 0 fully saturated rings. The first-order valence-electron chi connectivity index (χ1n) is 8.24. The highest BCUT2D eigenvalue weighted by molar-refractivity contribution is 9.10. The van der Waals surface area contributed by atoms with E-state index in [9.17, 15) is 0 Å². The molecule has 0 saturated heterocycles. The number of benzene rings is 1. The zero-order chi connectivity index (χ0) is 16.4. The Labute approximate surface area is 147 Å². The Morgan fingerprint density at radius 3 is 2.70 bits per heavy atom. The lowest BCUT2D eigenvalue weighted by molar-refractivity contribution is 0.876. The van der Waals surface area contributed by atoms with Crippen molar-refractivity contribution in [1.82, 2.24) is 4.57 Å². The van der Waals surface area contributed by atoms with Crippen LogP contribution in [0, 0.1) is 0 Å². The highest BCUT2D eigenvalue weighted by Gasteiger charge is 2.34. The maximum absolute atomic E-state index is 3.67. The first-order valence-corrected chi connectivity index (χ1v) is 12.7. The molecule has 0 saturated carbocycles. The van der Waals surface area contributed by atoms with Crippen molar-refractivity contribution in [3.05, 3.63) is 63.8 Å². The van der Waals surface area contributed by atoms with E-state index in [-0.39, 0.29) is 0 Å². The van der Waals surface area contributed by atoms with Gasteiger partial charge in [0.05, 0.1) is 8.07 Å². The molecular formula is C20H22BrNSi. The van der Waals surface area contributed by atoms with Crippen LogP contribution in [0.5, 0.6) is 0 Å². The smallest absolute Gasteiger partial charge is 0.0671 e. The van der Waals surface area contributed by atoms with Crippen LogP contribution in [0.15, 0.2) is 52.5 Å². The van der Waals surface area contributed by atoms with E-state index in [0.29, 0.717) is 5.92 Å². The van der Waals surface area contributed by atoms with E-state index >= 15 is 0 Å². The van der Waals surface area contributed by atoms with Crippen LogP contribution in [-0.4, -0.2) is 12.6 Å². The van der Waals surface area contributed by atoms with Gasteiger partial charge in [0, 0.05) is 33.2 Å². The number of fused-ring (bicyclic) bond motifs is 5. The van der Waals surface area contributed by atoms with E-state index < -0.39 is 8.07 Å². The van der Waals surface area contributed by atoms with Gasteiger partial charge in [0.2, 0.25) is 0 Å². The van der Waals surface area contributed by atoms with Crippen molar-refractivity contribution in [3.8, 4) is 0 Å². The van der Waals surface area contributed by atoms with E-state index in [1.165, 1.54) is 43.9 Å². The van der Waals surface area contributed by atoms with Crippen molar-refractivity contribution in [1.29, 1.82) is 0 Å². The van der Waals surface area contributed by atoms with Gasteiger partial charge in [0.25, 0.3) is 0 Å². The molecule has 4 rings (SSSR count). The summed E-state index contributed by atoms with van der Waals surface area (Å²) in [5.41, 5.74) is 7.30. The summed E-state index contributed by atoms with van der Waals surface area (Å²) in [6.45, 7) is 9.66. The SMILES string of the molecule is CC1=C2C=CC=CC2c2c1n(C[Si](C)(C)C)c1ccc(Br)cc21. The third kappa shape index (κ3) is 2.33. The second-order valence-corrected chi connectivity index (χ2v) is 14.2. The summed E-state index contributed by atoms with van der Waals surface area (Å²) < 4.78 is 3.77. The van der Waals surface area contributed by atoms with Crippen LogP contribution in [0.4, 0.5) is 0 Å². The Balaban J connectivity index is 2.07. The average molecular weight is 384 g/mol. The first kappa shape index (κ1) is 15.2. The average Bonchev–Trinajstić information content (AvgIpc) is 2.93. The lowest BCUT2D eigenvalue weighted by Gasteiger charge is -2.20. The third-order valence-electron chi connectivity index (χ3n) is 4.82. The molecule has 0 radical (unpaired) electrons. The molecule has 23 heavy (non-hydrogen) atoms. The van der Waals surface area contributed by atoms with Gasteiger partial charge in [-0.2, -0.15) is 0 Å². The molecule has 0 aliphatic heterocycles. The van der Waals surface area contributed by atoms with E-state index in [1.807, 2.05) is 0 Å². The number of nitrogens with zero attached hydrogens (tertiary/aromatic N) is 1. The summed E-state index contributed by atoms with van der Waals surface area (Å²) >= 11 is 3.67. The van der Waals surface area contributed by atoms with E-state index in [2.05, 4.69) is 89.6 Å². The van der Waals surface area contributed by atoms with Crippen LogP contribution >= 0.6 is 15.9 Å². The lowest BCUT2D eigenvalue weighted by atomic mass is 9.91. The van der Waals surface area contributed by atoms with Gasteiger partial charge in [-0.05, 0) is 41.8 Å². The van der Waals surface area contributed by atoms with Gasteiger partial charge in [-0.15, -0.1) is 0 Å². The molecule has 1 aromatic carbocycles. The number of aromatic nitrogens is 1. The summed E-state index contributed by atoms with van der Waals surface area (Å²) in [5, 5.41) is 1.41. The van der Waals surface area contributed by atoms with Gasteiger partial charge in [-0.3, -0.25) is 0 Å². The topological polar surface area (TPSA) is 4.93 Å². The minimum atomic E-state index is -1.22. The summed E-state index contributed by atoms with van der Waals surface area (Å²) in [6, 6.07) is 6.76. The van der Waals surface area contributed by atoms with Crippen molar-refractivity contribution < 1.29 is 0 Å². The fraction of sp³-hybridized carbons (Fsp3) is 0.300. The fourth-order valence-electron chi connectivity index (χ4n) is 4.00. The lowest BCUT2D eigenvalue weighted by Crippen LogP contribution is -2.28. The first-order chi connectivity index (χ1) is 10.9. The number of halogens is 1. The van der Waals surface area contributed by atoms with Gasteiger partial charge in [-0.1, -0.05) is 59.9 Å². The second kappa shape index (κ2) is 5.09. The Bertz CT molecular complexity index is 906. The molecule has 1 atom stereocenters. The van der Waals surface area contributed by atoms with Crippen LogP contribution in [-0.2, 0) is 6.17 Å². The van der Waals surface area contributed by atoms with Crippen LogP contribution in [0.1, 0.15) is 24.1 Å². The number of hydrogen-bond acceptors (Lipinski definition) is 0. The van der Waals surface area contributed by atoms with Crippen LogP contribution < -0.4 is 0 Å². The fourth-order valence-corrected chi connectivity index (χ4v) is 5.64. The van der Waals surface area contributed by atoms with Crippen molar-refractivity contribution in [2.75, 3.05) is 0 Å². The standard InChI is InChI=1S/C20H22BrNSi/c1-13-15-7-5-6-8-16(15)19-17-11-14(21)9-10-18(17)22(20(13)19)12-23(2,3)4/h5-11,16H,12H2,1-4H3. The predicted molar refractivity (Wildman–Crippen MR) is 107 cm³/mol. The summed E-state index contributed by atoms with van der Waals surface area (Å²) in [5.74, 6) is 0.426. The third-order valence-corrected chi connectivity index (χ3v) is 6.58. The molecule has 0 spiro atoms. The van der Waals surface area contributed by atoms with E-state index in [1.54, 1.807) is 0 Å². The van der Waals surface area contributed by atoms with Crippen LogP contribution in [0.25, 0.3) is 16.5 Å². The van der Waals surface area contributed by atoms with Crippen molar-refractivity contribution in [2.24, 2.45) is 0 Å². The predicted octanol–water partition coefficient (Wildman–Crippen LogP) is 6.28. The van der Waals surface area contributed by atoms with Gasteiger partial charge in [-0.25, -0.2) is 0 Å². The van der Waals surface area contributed by atoms with Gasteiger partial charge in [0.1, 0.15) is 0 Å². The summed E-state index contributed by atoms with van der Waals surface area (Å²) in [4.78, 5) is 0. The highest BCUT2D eigenvalue weighted by atomic mass is 79.9. The zero-order valence-corrected chi connectivity index (χ0v) is 16.7. The minimum absolute atomic E-state index is 0.426. The Morgan fingerprint density at radius 2 is 1.96 bits per heavy atom. The van der Waals surface area contributed by atoms with Gasteiger partial charge >= 0.3 is 0 Å². The van der Waals surface area contributed by atoms with E-state index in [0.717, 1.165) is 0 Å². The monoisotopic (exact) mass is 383 g/mol. The van der Waals surface area contributed by atoms with Crippen LogP contribution in [0.3, 0.4) is 0 Å². The summed E-state index contributed by atoms with van der Waals surface area (Å²) in [7, 11) is -1.22. The Kier molecular flexibility index (Phi) is 3.36. The molecule has 0 amide bonds. The van der Waals surface area contributed by atoms with Gasteiger partial charge in [0.15, 0.2) is 0 Å². The maximum atomic E-state index is 3.67. The van der Waals surface area contributed by atoms with Crippen molar-refractivity contribution >= 4 is 40.5 Å². The second-order valence-electron chi connectivity index (χ2n) is 7.87. The number of allylic oxidation sites excluding steroid dienone is 6. The maximum Gasteiger partial charge on any atom is 0.0671 e. The molecule has 2 aromatic rings. The van der Waals surface area contributed by atoms with E-state index in [4.69, 9.17) is 0 Å². The molecule has 2 aliphatic carbocycles. The Morgan fingerprint density at radius 1 is 1.17 bits per heavy atom. The number of hydrogen-bond donors (Lipinski definition) is 0. The molecular weight excluding hydrogens is 362 g/mol. The molecule has 118 valence electrons. The Hall–Kier alpha value is -1.32. The number of rotatable bonds is 2. The van der Waals surface area contributed by atoms with Crippen molar-refractivity contribution in [2.45, 2.75) is 38.7 Å². The molecule has 1 heterocycles.